The zero-order valence-corrected chi connectivity index (χ0v) is 14.5. The lowest BCUT2D eigenvalue weighted by Gasteiger charge is -2.24. The second kappa shape index (κ2) is 9.33. The maximum Gasteiger partial charge on any atom is 0.401 e. The van der Waals surface area contributed by atoms with Gasteiger partial charge < -0.3 is 9.47 Å². The number of rotatable bonds is 8. The van der Waals surface area contributed by atoms with E-state index in [0.717, 1.165) is 4.90 Å². The Labute approximate surface area is 145 Å². The summed E-state index contributed by atoms with van der Waals surface area (Å²) >= 11 is 0. The van der Waals surface area contributed by atoms with E-state index in [1.54, 1.807) is 24.3 Å². The normalized spacial score (nSPS) is 13.8. The summed E-state index contributed by atoms with van der Waals surface area (Å²) in [6.07, 6.45) is 1.33. The van der Waals surface area contributed by atoms with Crippen LogP contribution >= 0.6 is 0 Å². The van der Waals surface area contributed by atoms with Crippen LogP contribution in [0.3, 0.4) is 0 Å². The topological polar surface area (TPSA) is 38.8 Å². The SMILES string of the molecule is C#C[C@H](CC)Oc1ccc(COC(=O)[C@@H](C)N(C)CC(F)(F)F)cc1. The summed E-state index contributed by atoms with van der Waals surface area (Å²) in [6, 6.07) is 5.81. The maximum absolute atomic E-state index is 12.3. The Bertz CT molecular complexity index is 593. The van der Waals surface area contributed by atoms with E-state index in [9.17, 15) is 18.0 Å². The number of ether oxygens (including phenoxy) is 2. The average molecular weight is 357 g/mol. The zero-order chi connectivity index (χ0) is 19.0. The highest BCUT2D eigenvalue weighted by atomic mass is 19.4. The molecule has 0 radical (unpaired) electrons. The average Bonchev–Trinajstić information content (AvgIpc) is 2.56. The molecule has 0 heterocycles. The number of likely N-dealkylation sites (N-methyl/N-ethyl adjacent to an activating group) is 1. The molecule has 1 aromatic rings. The highest BCUT2D eigenvalue weighted by Gasteiger charge is 2.33. The van der Waals surface area contributed by atoms with Crippen molar-refractivity contribution in [2.45, 2.75) is 45.2 Å². The molecule has 0 aliphatic heterocycles. The van der Waals surface area contributed by atoms with Crippen molar-refractivity contribution in [1.29, 1.82) is 0 Å². The minimum Gasteiger partial charge on any atom is -0.478 e. The number of hydrogen-bond acceptors (Lipinski definition) is 4. The number of alkyl halides is 3. The van der Waals surface area contributed by atoms with Gasteiger partial charge >= 0.3 is 12.1 Å². The van der Waals surface area contributed by atoms with Gasteiger partial charge in [-0.25, -0.2) is 0 Å². The van der Waals surface area contributed by atoms with Gasteiger partial charge in [0.05, 0.1) is 6.54 Å². The molecule has 2 atom stereocenters. The lowest BCUT2D eigenvalue weighted by atomic mass is 10.2. The van der Waals surface area contributed by atoms with Crippen molar-refractivity contribution in [3.63, 3.8) is 0 Å². The largest absolute Gasteiger partial charge is 0.478 e. The number of carbonyl (C=O) groups excluding carboxylic acids is 1. The van der Waals surface area contributed by atoms with E-state index in [1.807, 2.05) is 6.92 Å². The molecule has 0 aliphatic carbocycles. The molecule has 0 saturated heterocycles. The van der Waals surface area contributed by atoms with E-state index in [2.05, 4.69) is 5.92 Å². The number of benzene rings is 1. The Balaban J connectivity index is 2.52. The van der Waals surface area contributed by atoms with Crippen molar-refractivity contribution in [2.75, 3.05) is 13.6 Å². The van der Waals surface area contributed by atoms with E-state index < -0.39 is 24.7 Å². The Kier molecular flexibility index (Phi) is 7.78. The van der Waals surface area contributed by atoms with Gasteiger partial charge in [-0.05, 0) is 38.1 Å². The smallest absolute Gasteiger partial charge is 0.401 e. The van der Waals surface area contributed by atoms with Crippen LogP contribution in [0.1, 0.15) is 25.8 Å². The first-order chi connectivity index (χ1) is 11.7. The molecular formula is C18H22F3NO3. The van der Waals surface area contributed by atoms with E-state index in [-0.39, 0.29) is 12.7 Å². The molecule has 25 heavy (non-hydrogen) atoms. The van der Waals surface area contributed by atoms with Gasteiger partial charge in [-0.2, -0.15) is 13.2 Å². The summed E-state index contributed by atoms with van der Waals surface area (Å²) in [7, 11) is 1.22. The molecule has 0 spiro atoms. The minimum atomic E-state index is -4.37. The van der Waals surface area contributed by atoms with E-state index in [0.29, 0.717) is 17.7 Å². The van der Waals surface area contributed by atoms with E-state index >= 15 is 0 Å². The van der Waals surface area contributed by atoms with E-state index in [4.69, 9.17) is 15.9 Å². The van der Waals surface area contributed by atoms with Crippen LogP contribution in [0, 0.1) is 12.3 Å². The first-order valence-corrected chi connectivity index (χ1v) is 7.81. The van der Waals surface area contributed by atoms with Gasteiger partial charge in [-0.15, -0.1) is 6.42 Å². The van der Waals surface area contributed by atoms with Gasteiger partial charge in [-0.1, -0.05) is 25.0 Å². The lowest BCUT2D eigenvalue weighted by molar-refractivity contribution is -0.162. The van der Waals surface area contributed by atoms with Crippen molar-refractivity contribution in [3.8, 4) is 18.1 Å². The van der Waals surface area contributed by atoms with Crippen molar-refractivity contribution >= 4 is 5.97 Å². The predicted octanol–water partition coefficient (Wildman–Crippen LogP) is 3.40. The molecule has 1 aromatic carbocycles. The third-order valence-electron chi connectivity index (χ3n) is 3.57. The maximum atomic E-state index is 12.3. The molecule has 0 aliphatic rings. The van der Waals surface area contributed by atoms with Crippen LogP contribution in [0.25, 0.3) is 0 Å². The molecule has 0 N–H and O–H groups in total. The summed E-state index contributed by atoms with van der Waals surface area (Å²) in [4.78, 5) is 12.7. The Morgan fingerprint density at radius 3 is 2.40 bits per heavy atom. The molecule has 0 amide bonds. The summed E-state index contributed by atoms with van der Waals surface area (Å²) in [5.74, 6) is 2.40. The molecule has 138 valence electrons. The molecule has 7 heteroatoms. The van der Waals surface area contributed by atoms with Gasteiger partial charge in [-0.3, -0.25) is 9.69 Å². The summed E-state index contributed by atoms with van der Waals surface area (Å²) in [5.41, 5.74) is 0.695. The molecule has 1 rings (SSSR count). The van der Waals surface area contributed by atoms with Crippen LogP contribution in [0.4, 0.5) is 13.2 Å². The summed E-state index contributed by atoms with van der Waals surface area (Å²) < 4.78 is 47.6. The van der Waals surface area contributed by atoms with Crippen molar-refractivity contribution in [2.24, 2.45) is 0 Å². The number of halogens is 3. The first kappa shape index (κ1) is 20.8. The Hall–Kier alpha value is -2.20. The van der Waals surface area contributed by atoms with Gasteiger partial charge in [0.1, 0.15) is 18.4 Å². The molecule has 0 aromatic heterocycles. The summed E-state index contributed by atoms with van der Waals surface area (Å²) in [6.45, 7) is 2.07. The molecule has 0 bridgehead atoms. The molecular weight excluding hydrogens is 335 g/mol. The quantitative estimate of drug-likeness (QED) is 0.528. The van der Waals surface area contributed by atoms with E-state index in [1.165, 1.54) is 14.0 Å². The zero-order valence-electron chi connectivity index (χ0n) is 14.5. The number of carbonyl (C=O) groups is 1. The fourth-order valence-electron chi connectivity index (χ4n) is 1.94. The van der Waals surface area contributed by atoms with Gasteiger partial charge in [0, 0.05) is 0 Å². The molecule has 0 saturated carbocycles. The Morgan fingerprint density at radius 2 is 1.92 bits per heavy atom. The highest BCUT2D eigenvalue weighted by Crippen LogP contribution is 2.18. The monoisotopic (exact) mass is 357 g/mol. The fourth-order valence-corrected chi connectivity index (χ4v) is 1.94. The van der Waals surface area contributed by atoms with Crippen LogP contribution in [0.15, 0.2) is 24.3 Å². The van der Waals surface area contributed by atoms with Gasteiger partial charge in [0.25, 0.3) is 0 Å². The number of esters is 1. The highest BCUT2D eigenvalue weighted by molar-refractivity contribution is 5.75. The summed E-state index contributed by atoms with van der Waals surface area (Å²) in [5, 5.41) is 0. The second-order valence-corrected chi connectivity index (χ2v) is 5.64. The van der Waals surface area contributed by atoms with Crippen LogP contribution in [-0.4, -0.2) is 42.8 Å². The van der Waals surface area contributed by atoms with Crippen LogP contribution in [-0.2, 0) is 16.1 Å². The van der Waals surface area contributed by atoms with Crippen molar-refractivity contribution in [1.82, 2.24) is 4.90 Å². The minimum absolute atomic E-state index is 0.0321. The number of hydrogen-bond donors (Lipinski definition) is 0. The fraction of sp³-hybridized carbons (Fsp3) is 0.500. The molecule has 0 fully saturated rings. The van der Waals surface area contributed by atoms with Gasteiger partial charge in [0.2, 0.25) is 0 Å². The third kappa shape index (κ3) is 7.48. The Morgan fingerprint density at radius 1 is 1.32 bits per heavy atom. The van der Waals surface area contributed by atoms with Crippen LogP contribution in [0.5, 0.6) is 5.75 Å². The van der Waals surface area contributed by atoms with Crippen LogP contribution < -0.4 is 4.74 Å². The second-order valence-electron chi connectivity index (χ2n) is 5.64. The predicted molar refractivity (Wildman–Crippen MR) is 87.9 cm³/mol. The lowest BCUT2D eigenvalue weighted by Crippen LogP contribution is -2.42. The number of nitrogens with zero attached hydrogens (tertiary/aromatic N) is 1. The number of terminal acetylenes is 1. The van der Waals surface area contributed by atoms with Crippen molar-refractivity contribution in [3.05, 3.63) is 29.8 Å². The third-order valence-corrected chi connectivity index (χ3v) is 3.57. The molecule has 0 unspecified atom stereocenters. The molecule has 4 nitrogen and oxygen atoms in total. The van der Waals surface area contributed by atoms with Crippen LogP contribution in [0.2, 0.25) is 0 Å². The van der Waals surface area contributed by atoms with Gasteiger partial charge in [0.15, 0.2) is 6.10 Å². The van der Waals surface area contributed by atoms with Crippen molar-refractivity contribution < 1.29 is 27.4 Å². The first-order valence-electron chi connectivity index (χ1n) is 7.81. The standard InChI is InChI=1S/C18H22F3NO3/c1-5-15(6-2)25-16-9-7-14(8-10-16)11-24-17(23)13(3)22(4)12-18(19,20)21/h1,7-10,13,15H,6,11-12H2,2-4H3/t13-,15-/m1/s1.